The van der Waals surface area contributed by atoms with E-state index in [9.17, 15) is 0 Å². The highest BCUT2D eigenvalue weighted by molar-refractivity contribution is 7.99. The van der Waals surface area contributed by atoms with Crippen LogP contribution in [0.1, 0.15) is 12.6 Å². The molecule has 2 heterocycles. The minimum Gasteiger partial charge on any atom is -0.325 e. The van der Waals surface area contributed by atoms with Crippen molar-refractivity contribution < 1.29 is 0 Å². The average Bonchev–Trinajstić information content (AvgIpc) is 2.74. The molecular weight excluding hydrogens is 222 g/mol. The molecular formula is C10H19N5S. The van der Waals surface area contributed by atoms with E-state index < -0.39 is 0 Å². The van der Waals surface area contributed by atoms with E-state index in [4.69, 9.17) is 5.73 Å². The maximum Gasteiger partial charge on any atom is 0.0962 e. The fourth-order valence-corrected chi connectivity index (χ4v) is 2.96. The first-order valence-corrected chi connectivity index (χ1v) is 6.76. The number of aromatic nitrogens is 3. The zero-order chi connectivity index (χ0) is 11.4. The van der Waals surface area contributed by atoms with Gasteiger partial charge in [-0.2, -0.15) is 11.8 Å². The van der Waals surface area contributed by atoms with Crippen LogP contribution in [-0.4, -0.2) is 50.5 Å². The number of rotatable bonds is 4. The van der Waals surface area contributed by atoms with E-state index in [0.717, 1.165) is 24.0 Å². The van der Waals surface area contributed by atoms with E-state index in [-0.39, 0.29) is 0 Å². The molecule has 0 spiro atoms. The fraction of sp³-hybridized carbons (Fsp3) is 0.800. The summed E-state index contributed by atoms with van der Waals surface area (Å²) in [6, 6.07) is 0. The molecule has 2 rings (SSSR count). The summed E-state index contributed by atoms with van der Waals surface area (Å²) in [5, 5.41) is 8.78. The Morgan fingerprint density at radius 1 is 1.56 bits per heavy atom. The van der Waals surface area contributed by atoms with Crippen LogP contribution in [0.5, 0.6) is 0 Å². The molecule has 0 bridgehead atoms. The minimum absolute atomic E-state index is 0.470. The zero-order valence-corrected chi connectivity index (χ0v) is 10.5. The molecule has 0 aliphatic carbocycles. The van der Waals surface area contributed by atoms with Crippen molar-refractivity contribution in [3.63, 3.8) is 0 Å². The molecule has 0 aromatic carbocycles. The molecule has 90 valence electrons. The fourth-order valence-electron chi connectivity index (χ4n) is 1.88. The van der Waals surface area contributed by atoms with E-state index in [1.54, 1.807) is 0 Å². The molecule has 5 nitrogen and oxygen atoms in total. The van der Waals surface area contributed by atoms with Gasteiger partial charge in [0.2, 0.25) is 0 Å². The van der Waals surface area contributed by atoms with Gasteiger partial charge in [-0.1, -0.05) is 12.1 Å². The first kappa shape index (κ1) is 11.9. The highest BCUT2D eigenvalue weighted by atomic mass is 32.2. The van der Waals surface area contributed by atoms with Gasteiger partial charge in [-0.25, -0.2) is 0 Å². The van der Waals surface area contributed by atoms with Crippen LogP contribution in [0.15, 0.2) is 6.20 Å². The molecule has 0 saturated carbocycles. The number of nitrogens with zero attached hydrogens (tertiary/aromatic N) is 4. The second-order valence-electron chi connectivity index (χ2n) is 4.16. The van der Waals surface area contributed by atoms with E-state index in [1.807, 2.05) is 10.9 Å². The molecule has 0 radical (unpaired) electrons. The van der Waals surface area contributed by atoms with Crippen LogP contribution >= 0.6 is 11.8 Å². The minimum atomic E-state index is 0.470. The summed E-state index contributed by atoms with van der Waals surface area (Å²) in [5.41, 5.74) is 6.35. The zero-order valence-electron chi connectivity index (χ0n) is 9.67. The van der Waals surface area contributed by atoms with Gasteiger partial charge in [-0.15, -0.1) is 5.10 Å². The first-order chi connectivity index (χ1) is 7.78. The Bertz CT molecular complexity index is 327. The molecule has 1 aliphatic heterocycles. The Balaban J connectivity index is 1.78. The van der Waals surface area contributed by atoms with Crippen LogP contribution in [0.3, 0.4) is 0 Å². The third-order valence-corrected chi connectivity index (χ3v) is 3.90. The SMILES string of the molecule is CC1CN(CCn2cc(CN)nn2)CCS1. The van der Waals surface area contributed by atoms with Crippen LogP contribution in [0.4, 0.5) is 0 Å². The normalized spacial score (nSPS) is 22.5. The summed E-state index contributed by atoms with van der Waals surface area (Å²) >= 11 is 2.06. The lowest BCUT2D eigenvalue weighted by atomic mass is 10.4. The van der Waals surface area contributed by atoms with Crippen molar-refractivity contribution in [1.29, 1.82) is 0 Å². The Morgan fingerprint density at radius 2 is 2.44 bits per heavy atom. The molecule has 1 saturated heterocycles. The van der Waals surface area contributed by atoms with Gasteiger partial charge in [-0.05, 0) is 0 Å². The van der Waals surface area contributed by atoms with Crippen molar-refractivity contribution in [2.24, 2.45) is 5.73 Å². The summed E-state index contributed by atoms with van der Waals surface area (Å²) in [6.45, 7) is 7.09. The molecule has 1 unspecified atom stereocenters. The monoisotopic (exact) mass is 241 g/mol. The van der Waals surface area contributed by atoms with Crippen molar-refractivity contribution in [2.75, 3.05) is 25.4 Å². The van der Waals surface area contributed by atoms with Crippen LogP contribution in [-0.2, 0) is 13.1 Å². The van der Waals surface area contributed by atoms with E-state index in [0.29, 0.717) is 6.54 Å². The topological polar surface area (TPSA) is 60.0 Å². The standard InChI is InChI=1S/C10H19N5S/c1-9-7-14(4-5-16-9)2-3-15-8-10(6-11)12-13-15/h8-9H,2-7,11H2,1H3. The third kappa shape index (κ3) is 3.20. The first-order valence-electron chi connectivity index (χ1n) is 5.71. The van der Waals surface area contributed by atoms with Crippen molar-refractivity contribution in [3.8, 4) is 0 Å². The Hall–Kier alpha value is -0.590. The van der Waals surface area contributed by atoms with Gasteiger partial charge in [0.25, 0.3) is 0 Å². The largest absolute Gasteiger partial charge is 0.325 e. The van der Waals surface area contributed by atoms with Gasteiger partial charge in [0, 0.05) is 43.4 Å². The average molecular weight is 241 g/mol. The predicted molar refractivity (Wildman–Crippen MR) is 66.3 cm³/mol. The lowest BCUT2D eigenvalue weighted by molar-refractivity contribution is 0.269. The predicted octanol–water partition coefficient (Wildman–Crippen LogP) is 0.174. The molecule has 2 N–H and O–H groups in total. The molecule has 16 heavy (non-hydrogen) atoms. The van der Waals surface area contributed by atoms with Gasteiger partial charge >= 0.3 is 0 Å². The highest BCUT2D eigenvalue weighted by Gasteiger charge is 2.16. The van der Waals surface area contributed by atoms with Gasteiger partial charge in [-0.3, -0.25) is 9.58 Å². The van der Waals surface area contributed by atoms with Crippen LogP contribution < -0.4 is 5.73 Å². The van der Waals surface area contributed by atoms with E-state index in [2.05, 4.69) is 33.9 Å². The Morgan fingerprint density at radius 3 is 3.12 bits per heavy atom. The molecule has 1 aromatic heterocycles. The van der Waals surface area contributed by atoms with Crippen molar-refractivity contribution in [1.82, 2.24) is 19.9 Å². The molecule has 1 aromatic rings. The second-order valence-corrected chi connectivity index (χ2v) is 5.71. The van der Waals surface area contributed by atoms with Crippen molar-refractivity contribution in [3.05, 3.63) is 11.9 Å². The van der Waals surface area contributed by atoms with Gasteiger partial charge in [0.05, 0.1) is 12.2 Å². The maximum absolute atomic E-state index is 5.49. The van der Waals surface area contributed by atoms with Gasteiger partial charge < -0.3 is 5.73 Å². The molecule has 1 aliphatic rings. The summed E-state index contributed by atoms with van der Waals surface area (Å²) in [5.74, 6) is 1.24. The maximum atomic E-state index is 5.49. The number of nitrogens with two attached hydrogens (primary N) is 1. The van der Waals surface area contributed by atoms with E-state index in [1.165, 1.54) is 18.8 Å². The number of thioether (sulfide) groups is 1. The Kier molecular flexibility index (Phi) is 4.20. The molecule has 1 atom stereocenters. The molecule has 0 amide bonds. The lowest BCUT2D eigenvalue weighted by Gasteiger charge is -2.30. The summed E-state index contributed by atoms with van der Waals surface area (Å²) in [4.78, 5) is 2.49. The van der Waals surface area contributed by atoms with Crippen LogP contribution in [0, 0.1) is 0 Å². The third-order valence-electron chi connectivity index (χ3n) is 2.77. The van der Waals surface area contributed by atoms with Crippen LogP contribution in [0.2, 0.25) is 0 Å². The lowest BCUT2D eigenvalue weighted by Crippen LogP contribution is -2.38. The van der Waals surface area contributed by atoms with Crippen molar-refractivity contribution >= 4 is 11.8 Å². The molecule has 1 fully saturated rings. The van der Waals surface area contributed by atoms with Crippen LogP contribution in [0.25, 0.3) is 0 Å². The molecule has 6 heteroatoms. The van der Waals surface area contributed by atoms with Gasteiger partial charge in [0.1, 0.15) is 0 Å². The second kappa shape index (κ2) is 5.65. The number of hydrogen-bond donors (Lipinski definition) is 1. The number of hydrogen-bond acceptors (Lipinski definition) is 5. The summed E-state index contributed by atoms with van der Waals surface area (Å²) in [6.07, 6.45) is 1.93. The smallest absolute Gasteiger partial charge is 0.0962 e. The van der Waals surface area contributed by atoms with Gasteiger partial charge in [0.15, 0.2) is 0 Å². The van der Waals surface area contributed by atoms with E-state index >= 15 is 0 Å². The Labute approximate surface area is 100 Å². The van der Waals surface area contributed by atoms with Crippen molar-refractivity contribution in [2.45, 2.75) is 25.3 Å². The quantitative estimate of drug-likeness (QED) is 0.814. The summed E-state index contributed by atoms with van der Waals surface area (Å²) < 4.78 is 1.88. The highest BCUT2D eigenvalue weighted by Crippen LogP contribution is 2.17. The summed E-state index contributed by atoms with van der Waals surface area (Å²) in [7, 11) is 0.